The molecule has 24 heteroatoms. The first-order valence-electron chi connectivity index (χ1n) is 30.1. The normalized spacial score (nSPS) is 21.9. The van der Waals surface area contributed by atoms with Crippen molar-refractivity contribution in [2.45, 2.75) is 127 Å². The van der Waals surface area contributed by atoms with Gasteiger partial charge in [-0.25, -0.2) is 18.2 Å². The van der Waals surface area contributed by atoms with Crippen molar-refractivity contribution in [3.05, 3.63) is 88.7 Å². The van der Waals surface area contributed by atoms with E-state index in [-0.39, 0.29) is 134 Å². The average molecular weight is 1230 g/mol. The van der Waals surface area contributed by atoms with Gasteiger partial charge in [0.1, 0.15) is 46.8 Å². The van der Waals surface area contributed by atoms with E-state index in [1.165, 1.54) is 46.7 Å². The Morgan fingerprint density at radius 1 is 0.898 bits per heavy atom. The van der Waals surface area contributed by atoms with Crippen molar-refractivity contribution in [3.63, 3.8) is 0 Å². The number of hydrogen-bond acceptors (Lipinski definition) is 16. The zero-order chi connectivity index (χ0) is 61.9. The van der Waals surface area contributed by atoms with Crippen LogP contribution in [0, 0.1) is 36.3 Å². The van der Waals surface area contributed by atoms with Gasteiger partial charge in [-0.05, 0) is 85.6 Å². The van der Waals surface area contributed by atoms with E-state index >= 15 is 8.78 Å². The third-order valence-corrected chi connectivity index (χ3v) is 19.1. The summed E-state index contributed by atoms with van der Waals surface area (Å²) in [5.41, 5.74) is 1.01. The van der Waals surface area contributed by atoms with Crippen molar-refractivity contribution in [1.82, 2.24) is 55.5 Å². The van der Waals surface area contributed by atoms with E-state index in [4.69, 9.17) is 16.1 Å². The van der Waals surface area contributed by atoms with Crippen molar-refractivity contribution < 1.29 is 52.1 Å². The second kappa shape index (κ2) is 24.2. The van der Waals surface area contributed by atoms with Crippen molar-refractivity contribution >= 4 is 68.4 Å². The number of aliphatic hydroxyl groups is 1. The van der Waals surface area contributed by atoms with E-state index < -0.39 is 64.7 Å². The van der Waals surface area contributed by atoms with Crippen LogP contribution in [0.5, 0.6) is 11.8 Å². The standard InChI is InChI=1S/C64H71F3N12O8S/c1-6-44-47(65)14-11-38-25-41(80)26-45(52(38)44)54-53(66)55-46(29-68-54)58(78-30-39-12-13-40(31-78)70-39)74-62(72-55)87-43-15-19-75(20-16-43)33-51(83)77-23-21-76(22-24-77)50(82)28-48(36-7-9-37(10-8-36)56-35(2)69-34-88-56)71-59(84)49-27-42(81)32-79(49)60(85)57(63(3,4)5)73-61(86)64(67)17-18-64/h1,7-11,14,25-26,29,34,39-40,42-43,48-49,57,70,80-81H,12-13,15-24,27-28,30-33H2,2-5H3,(H,71,84)(H,73,86)/t39?,40?,42?,48-,49?,57?/m0/s1. The number of thiazole rings is 1. The number of likely N-dealkylation sites (tertiary alicyclic amines) is 2. The molecule has 8 heterocycles. The first-order valence-corrected chi connectivity index (χ1v) is 31.0. The number of nitrogens with one attached hydrogen (secondary N) is 3. The largest absolute Gasteiger partial charge is 0.508 e. The number of ether oxygens (including phenoxy) is 1. The second-order valence-electron chi connectivity index (χ2n) is 25.4. The number of phenols is 1. The highest BCUT2D eigenvalue weighted by molar-refractivity contribution is 7.13. The molecule has 5 saturated heterocycles. The highest BCUT2D eigenvalue weighted by atomic mass is 32.1. The Morgan fingerprint density at radius 3 is 2.24 bits per heavy atom. The Hall–Kier alpha value is -7.98. The maximum absolute atomic E-state index is 17.2. The van der Waals surface area contributed by atoms with Crippen LogP contribution in [-0.2, 0) is 24.0 Å². The number of rotatable bonds is 15. The number of piperidine rings is 1. The van der Waals surface area contributed by atoms with Crippen LogP contribution >= 0.6 is 11.3 Å². The fraction of sp³-hybridized carbons (Fsp3) is 0.484. The number of terminal acetylenes is 1. The average Bonchev–Trinajstić information content (AvgIpc) is 1.14. The van der Waals surface area contributed by atoms with E-state index in [9.17, 15) is 38.6 Å². The Bertz CT molecular complexity index is 3750. The van der Waals surface area contributed by atoms with E-state index in [1.807, 2.05) is 36.1 Å². The van der Waals surface area contributed by atoms with Crippen LogP contribution in [0.15, 0.2) is 60.2 Å². The van der Waals surface area contributed by atoms with Gasteiger partial charge in [-0.2, -0.15) is 9.97 Å². The van der Waals surface area contributed by atoms with Gasteiger partial charge in [0.05, 0.1) is 52.1 Å². The summed E-state index contributed by atoms with van der Waals surface area (Å²) in [6.07, 6.45) is 8.73. The van der Waals surface area contributed by atoms with Crippen molar-refractivity contribution in [2.24, 2.45) is 5.41 Å². The Kier molecular flexibility index (Phi) is 16.6. The molecule has 5 aliphatic heterocycles. The number of phenolic OH excluding ortho intramolecular Hbond substituents is 1. The zero-order valence-electron chi connectivity index (χ0n) is 49.5. The number of piperazine rings is 2. The molecule has 5 unspecified atom stereocenters. The highest BCUT2D eigenvalue weighted by Crippen LogP contribution is 2.42. The van der Waals surface area contributed by atoms with E-state index in [0.717, 1.165) is 29.0 Å². The van der Waals surface area contributed by atoms with Crippen LogP contribution in [0.25, 0.3) is 43.4 Å². The SMILES string of the molecule is C#Cc1c(F)ccc2cc(O)cc(-c3ncc4c(N5CC6CCC(C5)N6)nc(OC5CCN(CC(=O)N6CCN(C(=O)C[C@H](NC(=O)C7CC(O)CN7C(=O)C(NC(=O)C7(F)CC7)C(C)(C)C)c7ccc(-c8scnc8C)cc7)CC6)CC5)nc4c3F)c12. The molecule has 5 N–H and O–H groups in total. The van der Waals surface area contributed by atoms with Gasteiger partial charge in [0.15, 0.2) is 11.5 Å². The molecular formula is C64H71F3N12O8S. The molecule has 5 amide bonds. The molecule has 6 fully saturated rings. The predicted octanol–water partition coefficient (Wildman–Crippen LogP) is 5.94. The lowest BCUT2D eigenvalue weighted by atomic mass is 9.85. The maximum Gasteiger partial charge on any atom is 0.319 e. The number of halogens is 3. The number of β-amino-alcohol motifs (C(OH)–C–C–N with tert-alkyl or cyclic N) is 1. The number of alkyl halides is 1. The van der Waals surface area contributed by atoms with Gasteiger partial charge in [-0.1, -0.05) is 57.0 Å². The number of aromatic nitrogens is 4. The number of aryl methyl sites for hydroxylation is 1. The fourth-order valence-electron chi connectivity index (χ4n) is 13.0. The van der Waals surface area contributed by atoms with E-state index in [1.54, 1.807) is 36.1 Å². The minimum atomic E-state index is -2.04. The first-order chi connectivity index (χ1) is 42.1. The van der Waals surface area contributed by atoms with Gasteiger partial charge < -0.3 is 50.5 Å². The summed E-state index contributed by atoms with van der Waals surface area (Å²) in [5, 5.41) is 31.9. The molecular weight excluding hydrogens is 1150 g/mol. The molecule has 6 aromatic rings. The van der Waals surface area contributed by atoms with Gasteiger partial charge in [0, 0.05) is 94.6 Å². The molecule has 12 rings (SSSR count). The Balaban J connectivity index is 0.692. The molecule has 0 radical (unpaired) electrons. The summed E-state index contributed by atoms with van der Waals surface area (Å²) in [7, 11) is 0. The number of benzene rings is 3. The molecule has 6 atom stereocenters. The number of pyridine rings is 1. The lowest BCUT2D eigenvalue weighted by Gasteiger charge is -2.38. The summed E-state index contributed by atoms with van der Waals surface area (Å²) in [4.78, 5) is 98.1. The molecule has 3 aromatic heterocycles. The molecule has 20 nitrogen and oxygen atoms in total. The number of nitrogens with zero attached hydrogens (tertiary/aromatic N) is 9. The highest BCUT2D eigenvalue weighted by Gasteiger charge is 2.53. The predicted molar refractivity (Wildman–Crippen MR) is 324 cm³/mol. The van der Waals surface area contributed by atoms with Crippen LogP contribution < -0.4 is 25.6 Å². The van der Waals surface area contributed by atoms with Crippen LogP contribution in [0.1, 0.15) is 95.0 Å². The number of fused-ring (bicyclic) bond motifs is 4. The molecule has 1 saturated carbocycles. The van der Waals surface area contributed by atoms with Crippen LogP contribution in [0.2, 0.25) is 0 Å². The lowest BCUT2D eigenvalue weighted by Crippen LogP contribution is -2.59. The molecule has 88 heavy (non-hydrogen) atoms. The maximum atomic E-state index is 17.2. The number of carbonyl (C=O) groups is 5. The Labute approximate surface area is 511 Å². The summed E-state index contributed by atoms with van der Waals surface area (Å²) in [6.45, 7) is 10.4. The third kappa shape index (κ3) is 12.3. The topological polar surface area (TPSA) is 239 Å². The van der Waals surface area contributed by atoms with Gasteiger partial charge in [0.25, 0.3) is 5.91 Å². The second-order valence-corrected chi connectivity index (χ2v) is 26.2. The quantitative estimate of drug-likeness (QED) is 0.0749. The molecule has 0 spiro atoms. The molecule has 6 aliphatic rings. The lowest BCUT2D eigenvalue weighted by molar-refractivity contribution is -0.145. The molecule has 3 aromatic carbocycles. The molecule has 2 bridgehead atoms. The van der Waals surface area contributed by atoms with Gasteiger partial charge in [0.2, 0.25) is 23.6 Å². The number of carbonyl (C=O) groups excluding carboxylic acids is 5. The summed E-state index contributed by atoms with van der Waals surface area (Å²) >= 11 is 1.49. The number of hydrogen-bond donors (Lipinski definition) is 5. The number of amides is 5. The van der Waals surface area contributed by atoms with Crippen molar-refractivity contribution in [2.75, 3.05) is 70.3 Å². The zero-order valence-corrected chi connectivity index (χ0v) is 50.3. The fourth-order valence-corrected chi connectivity index (χ4v) is 13.9. The minimum absolute atomic E-state index is 0.0246. The summed E-state index contributed by atoms with van der Waals surface area (Å²) in [5.74, 6) is -1.28. The van der Waals surface area contributed by atoms with Crippen LogP contribution in [0.4, 0.5) is 19.0 Å². The third-order valence-electron chi connectivity index (χ3n) is 18.1. The number of aliphatic hydroxyl groups excluding tert-OH is 1. The van der Waals surface area contributed by atoms with Gasteiger partial charge in [-0.3, -0.25) is 33.9 Å². The van der Waals surface area contributed by atoms with Crippen LogP contribution in [0.3, 0.4) is 0 Å². The van der Waals surface area contributed by atoms with Crippen molar-refractivity contribution in [1.29, 1.82) is 0 Å². The molecule has 462 valence electrons. The van der Waals surface area contributed by atoms with Gasteiger partial charge in [-0.15, -0.1) is 17.8 Å². The van der Waals surface area contributed by atoms with Crippen LogP contribution in [-0.4, -0.2) is 187 Å². The smallest absolute Gasteiger partial charge is 0.319 e. The molecule has 1 aliphatic carbocycles. The monoisotopic (exact) mass is 1220 g/mol. The summed E-state index contributed by atoms with van der Waals surface area (Å²) < 4.78 is 53.7. The minimum Gasteiger partial charge on any atom is -0.508 e. The van der Waals surface area contributed by atoms with Crippen molar-refractivity contribution in [3.8, 4) is 45.8 Å². The van der Waals surface area contributed by atoms with E-state index in [2.05, 4.69) is 41.7 Å². The Morgan fingerprint density at radius 2 is 1.59 bits per heavy atom. The van der Waals surface area contributed by atoms with Gasteiger partial charge >= 0.3 is 6.01 Å². The summed E-state index contributed by atoms with van der Waals surface area (Å²) in [6, 6.07) is 10.1. The number of anilines is 1. The van der Waals surface area contributed by atoms with E-state index in [0.29, 0.717) is 61.2 Å². The first kappa shape index (κ1) is 60.3. The number of aromatic hydroxyl groups is 1.